The van der Waals surface area contributed by atoms with Crippen LogP contribution in [0, 0.1) is 0 Å². The van der Waals surface area contributed by atoms with Crippen LogP contribution in [0.3, 0.4) is 0 Å². The Morgan fingerprint density at radius 2 is 2.00 bits per heavy atom. The molecular formula is C11H13Cl2N3S. The Morgan fingerprint density at radius 1 is 1.24 bits per heavy atom. The number of aromatic nitrogens is 2. The van der Waals surface area contributed by atoms with Gasteiger partial charge in [0.25, 0.3) is 0 Å². The van der Waals surface area contributed by atoms with Crippen LogP contribution in [0.2, 0.25) is 4.34 Å². The first-order valence-electron chi connectivity index (χ1n) is 5.03. The molecule has 0 bridgehead atoms. The van der Waals surface area contributed by atoms with E-state index in [1.807, 2.05) is 18.5 Å². The largest absolute Gasteiger partial charge is 0.312 e. The molecule has 0 aliphatic rings. The molecule has 1 N–H and O–H groups in total. The minimum Gasteiger partial charge on any atom is -0.312 e. The van der Waals surface area contributed by atoms with Gasteiger partial charge in [-0.1, -0.05) is 11.6 Å². The van der Waals surface area contributed by atoms with Crippen molar-refractivity contribution >= 4 is 35.3 Å². The molecule has 92 valence electrons. The molecule has 0 aliphatic heterocycles. The van der Waals surface area contributed by atoms with Gasteiger partial charge in [0.2, 0.25) is 0 Å². The molecule has 2 aromatic rings. The summed E-state index contributed by atoms with van der Waals surface area (Å²) in [6, 6.07) is 4.01. The SMILES string of the molecule is Cl.Clc1ccc(CCNCc2cncnc2)s1. The van der Waals surface area contributed by atoms with Crippen LogP contribution in [0.25, 0.3) is 0 Å². The van der Waals surface area contributed by atoms with Gasteiger partial charge in [0.15, 0.2) is 0 Å². The maximum absolute atomic E-state index is 5.85. The first kappa shape index (κ1) is 14.4. The normalized spacial score (nSPS) is 9.94. The number of nitrogens with zero attached hydrogens (tertiary/aromatic N) is 2. The van der Waals surface area contributed by atoms with E-state index in [1.165, 1.54) is 11.2 Å². The lowest BCUT2D eigenvalue weighted by molar-refractivity contribution is 0.686. The van der Waals surface area contributed by atoms with Gasteiger partial charge in [0.05, 0.1) is 4.34 Å². The van der Waals surface area contributed by atoms with Crippen LogP contribution in [-0.2, 0) is 13.0 Å². The summed E-state index contributed by atoms with van der Waals surface area (Å²) in [5.74, 6) is 0. The predicted octanol–water partition coefficient (Wildman–Crippen LogP) is 2.95. The third kappa shape index (κ3) is 5.00. The van der Waals surface area contributed by atoms with Crippen molar-refractivity contribution < 1.29 is 0 Å². The van der Waals surface area contributed by atoms with E-state index in [0.29, 0.717) is 0 Å². The number of thiophene rings is 1. The van der Waals surface area contributed by atoms with E-state index in [9.17, 15) is 0 Å². The molecule has 0 unspecified atom stereocenters. The third-order valence-electron chi connectivity index (χ3n) is 2.12. The van der Waals surface area contributed by atoms with Crippen molar-refractivity contribution in [3.05, 3.63) is 45.6 Å². The molecule has 0 saturated heterocycles. The maximum atomic E-state index is 5.85. The van der Waals surface area contributed by atoms with Gasteiger partial charge >= 0.3 is 0 Å². The van der Waals surface area contributed by atoms with E-state index in [4.69, 9.17) is 11.6 Å². The zero-order valence-electron chi connectivity index (χ0n) is 9.10. The number of hydrogen-bond acceptors (Lipinski definition) is 4. The highest BCUT2D eigenvalue weighted by Crippen LogP contribution is 2.21. The van der Waals surface area contributed by atoms with Gasteiger partial charge in [-0.15, -0.1) is 23.7 Å². The topological polar surface area (TPSA) is 37.8 Å². The molecule has 0 fully saturated rings. The van der Waals surface area contributed by atoms with Crippen molar-refractivity contribution in [2.24, 2.45) is 0 Å². The van der Waals surface area contributed by atoms with Gasteiger partial charge in [0.1, 0.15) is 6.33 Å². The van der Waals surface area contributed by atoms with Crippen LogP contribution in [-0.4, -0.2) is 16.5 Å². The van der Waals surface area contributed by atoms with E-state index in [2.05, 4.69) is 21.4 Å². The third-order valence-corrected chi connectivity index (χ3v) is 3.41. The standard InChI is InChI=1S/C11H12ClN3S.ClH/c12-11-2-1-10(16-11)3-4-13-5-9-6-14-8-15-7-9;/h1-2,6-8,13H,3-5H2;1H. The monoisotopic (exact) mass is 289 g/mol. The summed E-state index contributed by atoms with van der Waals surface area (Å²) >= 11 is 7.49. The van der Waals surface area contributed by atoms with Crippen molar-refractivity contribution in [1.82, 2.24) is 15.3 Å². The minimum absolute atomic E-state index is 0. The van der Waals surface area contributed by atoms with Gasteiger partial charge in [0, 0.05) is 35.9 Å². The average Bonchev–Trinajstić information content (AvgIpc) is 2.72. The molecule has 2 heterocycles. The van der Waals surface area contributed by atoms with Crippen LogP contribution in [0.15, 0.2) is 30.9 Å². The fourth-order valence-electron chi connectivity index (χ4n) is 1.35. The highest BCUT2D eigenvalue weighted by Gasteiger charge is 1.97. The fourth-order valence-corrected chi connectivity index (χ4v) is 2.44. The van der Waals surface area contributed by atoms with E-state index < -0.39 is 0 Å². The van der Waals surface area contributed by atoms with Crippen molar-refractivity contribution in [2.75, 3.05) is 6.54 Å². The van der Waals surface area contributed by atoms with Gasteiger partial charge in [-0.25, -0.2) is 9.97 Å². The van der Waals surface area contributed by atoms with Crippen molar-refractivity contribution in [3.8, 4) is 0 Å². The predicted molar refractivity (Wildman–Crippen MR) is 74.0 cm³/mol. The Morgan fingerprint density at radius 3 is 2.65 bits per heavy atom. The molecule has 0 atom stereocenters. The lowest BCUT2D eigenvalue weighted by Gasteiger charge is -2.02. The second-order valence-electron chi connectivity index (χ2n) is 3.38. The zero-order chi connectivity index (χ0) is 11.2. The smallest absolute Gasteiger partial charge is 0.115 e. The molecule has 2 aromatic heterocycles. The molecule has 0 amide bonds. The Kier molecular flexibility index (Phi) is 6.44. The lowest BCUT2D eigenvalue weighted by Crippen LogP contribution is -2.16. The van der Waals surface area contributed by atoms with Crippen LogP contribution < -0.4 is 5.32 Å². The average molecular weight is 290 g/mol. The van der Waals surface area contributed by atoms with E-state index in [1.54, 1.807) is 11.3 Å². The van der Waals surface area contributed by atoms with Crippen LogP contribution in [0.5, 0.6) is 0 Å². The summed E-state index contributed by atoms with van der Waals surface area (Å²) in [7, 11) is 0. The fraction of sp³-hybridized carbons (Fsp3) is 0.273. The molecule has 0 spiro atoms. The molecular weight excluding hydrogens is 277 g/mol. The van der Waals surface area contributed by atoms with Crippen LogP contribution in [0.4, 0.5) is 0 Å². The zero-order valence-corrected chi connectivity index (χ0v) is 11.5. The van der Waals surface area contributed by atoms with Gasteiger partial charge < -0.3 is 5.32 Å². The summed E-state index contributed by atoms with van der Waals surface area (Å²) in [6.45, 7) is 1.74. The Bertz CT molecular complexity index is 433. The van der Waals surface area contributed by atoms with Gasteiger partial charge in [-0.3, -0.25) is 0 Å². The molecule has 6 heteroatoms. The molecule has 3 nitrogen and oxygen atoms in total. The molecule has 0 saturated carbocycles. The molecule has 17 heavy (non-hydrogen) atoms. The molecule has 0 aromatic carbocycles. The lowest BCUT2D eigenvalue weighted by atomic mass is 10.3. The Balaban J connectivity index is 0.00000144. The highest BCUT2D eigenvalue weighted by atomic mass is 35.5. The Hall–Kier alpha value is -0.680. The Labute approximate surface area is 116 Å². The number of nitrogens with one attached hydrogen (secondary N) is 1. The number of rotatable bonds is 5. The van der Waals surface area contributed by atoms with E-state index >= 15 is 0 Å². The van der Waals surface area contributed by atoms with E-state index in [-0.39, 0.29) is 12.4 Å². The van der Waals surface area contributed by atoms with Crippen LogP contribution in [0.1, 0.15) is 10.4 Å². The van der Waals surface area contributed by atoms with Gasteiger partial charge in [-0.2, -0.15) is 0 Å². The first-order chi connectivity index (χ1) is 7.84. The van der Waals surface area contributed by atoms with Crippen molar-refractivity contribution in [2.45, 2.75) is 13.0 Å². The van der Waals surface area contributed by atoms with Gasteiger partial charge in [-0.05, 0) is 18.6 Å². The summed E-state index contributed by atoms with van der Waals surface area (Å²) in [6.07, 6.45) is 6.19. The maximum Gasteiger partial charge on any atom is 0.115 e. The second kappa shape index (κ2) is 7.61. The minimum atomic E-state index is 0. The van der Waals surface area contributed by atoms with Crippen LogP contribution >= 0.6 is 35.3 Å². The molecule has 2 rings (SSSR count). The van der Waals surface area contributed by atoms with Crippen molar-refractivity contribution in [3.63, 3.8) is 0 Å². The summed E-state index contributed by atoms with van der Waals surface area (Å²) < 4.78 is 0.853. The first-order valence-corrected chi connectivity index (χ1v) is 6.23. The summed E-state index contributed by atoms with van der Waals surface area (Å²) in [4.78, 5) is 9.22. The number of hydrogen-bond donors (Lipinski definition) is 1. The number of halogens is 2. The van der Waals surface area contributed by atoms with E-state index in [0.717, 1.165) is 29.4 Å². The summed E-state index contributed by atoms with van der Waals surface area (Å²) in [5.41, 5.74) is 1.10. The summed E-state index contributed by atoms with van der Waals surface area (Å²) in [5, 5.41) is 3.34. The second-order valence-corrected chi connectivity index (χ2v) is 5.18. The molecule has 0 radical (unpaired) electrons. The van der Waals surface area contributed by atoms with Crippen molar-refractivity contribution in [1.29, 1.82) is 0 Å². The highest BCUT2D eigenvalue weighted by molar-refractivity contribution is 7.16. The quantitative estimate of drug-likeness (QED) is 0.860. The molecule has 0 aliphatic carbocycles.